The molecule has 0 aromatic rings. The normalized spacial score (nSPS) is 16.3. The van der Waals surface area contributed by atoms with Crippen molar-refractivity contribution in [3.8, 4) is 0 Å². The van der Waals surface area contributed by atoms with Crippen molar-refractivity contribution in [3.63, 3.8) is 0 Å². The third kappa shape index (κ3) is 3.92. The summed E-state index contributed by atoms with van der Waals surface area (Å²) in [5.41, 5.74) is 5.93. The lowest BCUT2D eigenvalue weighted by atomic mass is 10.1. The number of hydrogen-bond donors (Lipinski definition) is 2. The summed E-state index contributed by atoms with van der Waals surface area (Å²) >= 11 is 0. The summed E-state index contributed by atoms with van der Waals surface area (Å²) < 4.78 is 5.00. The van der Waals surface area contributed by atoms with Gasteiger partial charge in [0.1, 0.15) is 0 Å². The Kier molecular flexibility index (Phi) is 7.09. The second kappa shape index (κ2) is 7.17. The van der Waals surface area contributed by atoms with Crippen molar-refractivity contribution in [1.29, 1.82) is 0 Å². The third-order valence-electron chi connectivity index (χ3n) is 2.49. The van der Waals surface area contributed by atoms with E-state index in [1.165, 1.54) is 0 Å². The number of likely N-dealkylation sites (N-methyl/N-ethyl adjacent to an activating group) is 1. The molecular formula is C10H24N2O2. The van der Waals surface area contributed by atoms with Gasteiger partial charge in [-0.15, -0.1) is 0 Å². The highest BCUT2D eigenvalue weighted by molar-refractivity contribution is 4.82. The van der Waals surface area contributed by atoms with E-state index in [0.29, 0.717) is 12.6 Å². The molecule has 0 heterocycles. The molecule has 0 aliphatic heterocycles. The Morgan fingerprint density at radius 2 is 2.00 bits per heavy atom. The minimum absolute atomic E-state index is 0.0139. The lowest BCUT2D eigenvalue weighted by molar-refractivity contribution is 0.0557. The zero-order chi connectivity index (χ0) is 11.1. The van der Waals surface area contributed by atoms with Gasteiger partial charge >= 0.3 is 0 Å². The topological polar surface area (TPSA) is 58.7 Å². The number of nitrogens with two attached hydrogens (primary N) is 1. The van der Waals surface area contributed by atoms with Gasteiger partial charge in [-0.25, -0.2) is 0 Å². The quantitative estimate of drug-likeness (QED) is 0.615. The molecule has 0 saturated carbocycles. The van der Waals surface area contributed by atoms with Crippen molar-refractivity contribution in [2.24, 2.45) is 5.73 Å². The fraction of sp³-hybridized carbons (Fsp3) is 1.00. The number of aliphatic hydroxyl groups excluding tert-OH is 1. The van der Waals surface area contributed by atoms with E-state index in [9.17, 15) is 5.11 Å². The van der Waals surface area contributed by atoms with E-state index in [1.54, 1.807) is 7.11 Å². The average molecular weight is 204 g/mol. The summed E-state index contributed by atoms with van der Waals surface area (Å²) in [6.07, 6.45) is 0. The Labute approximate surface area is 87.0 Å². The summed E-state index contributed by atoms with van der Waals surface area (Å²) in [5.74, 6) is 0. The van der Waals surface area contributed by atoms with Crippen molar-refractivity contribution in [2.75, 3.05) is 26.9 Å². The van der Waals surface area contributed by atoms with E-state index in [1.807, 2.05) is 0 Å². The first-order valence-electron chi connectivity index (χ1n) is 5.19. The number of aliphatic hydroxyl groups is 1. The number of nitrogens with zero attached hydrogens (tertiary/aromatic N) is 1. The Hall–Kier alpha value is -0.160. The molecule has 2 atom stereocenters. The van der Waals surface area contributed by atoms with Crippen molar-refractivity contribution in [2.45, 2.75) is 38.9 Å². The summed E-state index contributed by atoms with van der Waals surface area (Å²) in [7, 11) is 1.62. The van der Waals surface area contributed by atoms with Crippen LogP contribution in [0.5, 0.6) is 0 Å². The van der Waals surface area contributed by atoms with E-state index in [0.717, 1.165) is 6.54 Å². The zero-order valence-electron chi connectivity index (χ0n) is 9.73. The molecule has 0 radical (unpaired) electrons. The maximum Gasteiger partial charge on any atom is 0.0629 e. The molecule has 86 valence electrons. The molecule has 0 rings (SSSR count). The maximum absolute atomic E-state index is 9.30. The van der Waals surface area contributed by atoms with Gasteiger partial charge in [0.25, 0.3) is 0 Å². The highest BCUT2D eigenvalue weighted by atomic mass is 16.5. The van der Waals surface area contributed by atoms with Gasteiger partial charge in [-0.2, -0.15) is 0 Å². The van der Waals surface area contributed by atoms with Gasteiger partial charge in [0.2, 0.25) is 0 Å². The Morgan fingerprint density at radius 1 is 1.43 bits per heavy atom. The average Bonchev–Trinajstić information content (AvgIpc) is 2.13. The van der Waals surface area contributed by atoms with Crippen LogP contribution in [0.25, 0.3) is 0 Å². The van der Waals surface area contributed by atoms with Crippen LogP contribution in [-0.4, -0.2) is 55.0 Å². The Balaban J connectivity index is 4.34. The second-order valence-electron chi connectivity index (χ2n) is 3.79. The van der Waals surface area contributed by atoms with E-state index in [2.05, 4.69) is 25.7 Å². The molecule has 0 aliphatic carbocycles. The molecule has 2 unspecified atom stereocenters. The first kappa shape index (κ1) is 13.8. The van der Waals surface area contributed by atoms with Gasteiger partial charge in [0.05, 0.1) is 19.3 Å². The zero-order valence-corrected chi connectivity index (χ0v) is 9.73. The standard InChI is InChI=1S/C10H24N2O2/c1-5-12(8(2)3)10(6-13)9(11)7-14-4/h8-10,13H,5-7,11H2,1-4H3. The fourth-order valence-electron chi connectivity index (χ4n) is 1.77. The maximum atomic E-state index is 9.30. The predicted molar refractivity (Wildman–Crippen MR) is 58.2 cm³/mol. The molecule has 0 bridgehead atoms. The monoisotopic (exact) mass is 204 g/mol. The van der Waals surface area contributed by atoms with Crippen LogP contribution >= 0.6 is 0 Å². The van der Waals surface area contributed by atoms with Crippen LogP contribution in [0.3, 0.4) is 0 Å². The highest BCUT2D eigenvalue weighted by Gasteiger charge is 2.24. The summed E-state index contributed by atoms with van der Waals surface area (Å²) in [6, 6.07) is 0.243. The molecular weight excluding hydrogens is 180 g/mol. The Morgan fingerprint density at radius 3 is 2.29 bits per heavy atom. The summed E-state index contributed by atoms with van der Waals surface area (Å²) in [6.45, 7) is 7.73. The smallest absolute Gasteiger partial charge is 0.0629 e. The van der Waals surface area contributed by atoms with Crippen molar-refractivity contribution in [3.05, 3.63) is 0 Å². The number of ether oxygens (including phenoxy) is 1. The van der Waals surface area contributed by atoms with Crippen LogP contribution in [0.4, 0.5) is 0 Å². The molecule has 4 heteroatoms. The van der Waals surface area contributed by atoms with Gasteiger partial charge in [-0.3, -0.25) is 4.90 Å². The molecule has 0 amide bonds. The summed E-state index contributed by atoms with van der Waals surface area (Å²) in [4.78, 5) is 2.18. The van der Waals surface area contributed by atoms with Crippen LogP contribution in [0, 0.1) is 0 Å². The van der Waals surface area contributed by atoms with Crippen LogP contribution in [0.1, 0.15) is 20.8 Å². The minimum Gasteiger partial charge on any atom is -0.395 e. The Bertz CT molecular complexity index is 142. The molecule has 0 saturated heterocycles. The first-order valence-corrected chi connectivity index (χ1v) is 5.19. The summed E-state index contributed by atoms with van der Waals surface area (Å²) in [5, 5.41) is 9.30. The van der Waals surface area contributed by atoms with E-state index >= 15 is 0 Å². The SMILES string of the molecule is CCN(C(C)C)C(CO)C(N)COC. The first-order chi connectivity index (χ1) is 6.58. The molecule has 0 spiro atoms. The van der Waals surface area contributed by atoms with Crippen molar-refractivity contribution >= 4 is 0 Å². The van der Waals surface area contributed by atoms with Gasteiger partial charge in [0.15, 0.2) is 0 Å². The lowest BCUT2D eigenvalue weighted by Gasteiger charge is -2.36. The van der Waals surface area contributed by atoms with Gasteiger partial charge in [0, 0.05) is 19.2 Å². The second-order valence-corrected chi connectivity index (χ2v) is 3.79. The van der Waals surface area contributed by atoms with E-state index in [-0.39, 0.29) is 18.7 Å². The highest BCUT2D eigenvalue weighted by Crippen LogP contribution is 2.08. The van der Waals surface area contributed by atoms with Crippen molar-refractivity contribution in [1.82, 2.24) is 4.90 Å². The fourth-order valence-corrected chi connectivity index (χ4v) is 1.77. The van der Waals surface area contributed by atoms with Crippen LogP contribution < -0.4 is 5.73 Å². The molecule has 0 aromatic heterocycles. The van der Waals surface area contributed by atoms with E-state index < -0.39 is 0 Å². The predicted octanol–water partition coefficient (Wildman–Crippen LogP) is 0.0513. The van der Waals surface area contributed by atoms with Gasteiger partial charge in [-0.05, 0) is 20.4 Å². The number of methoxy groups -OCH3 is 1. The van der Waals surface area contributed by atoms with Crippen LogP contribution in [-0.2, 0) is 4.74 Å². The lowest BCUT2D eigenvalue weighted by Crippen LogP contribution is -2.54. The van der Waals surface area contributed by atoms with E-state index in [4.69, 9.17) is 10.5 Å². The largest absolute Gasteiger partial charge is 0.395 e. The van der Waals surface area contributed by atoms with Crippen LogP contribution in [0.2, 0.25) is 0 Å². The molecule has 14 heavy (non-hydrogen) atoms. The van der Waals surface area contributed by atoms with Crippen LogP contribution in [0.15, 0.2) is 0 Å². The number of hydrogen-bond acceptors (Lipinski definition) is 4. The molecule has 4 nitrogen and oxygen atoms in total. The molecule has 3 N–H and O–H groups in total. The van der Waals surface area contributed by atoms with Gasteiger partial charge in [-0.1, -0.05) is 6.92 Å². The minimum atomic E-state index is -0.132. The van der Waals surface area contributed by atoms with Gasteiger partial charge < -0.3 is 15.6 Å². The van der Waals surface area contributed by atoms with Crippen molar-refractivity contribution < 1.29 is 9.84 Å². The molecule has 0 aliphatic rings. The molecule has 0 fully saturated rings. The molecule has 0 aromatic carbocycles. The number of rotatable bonds is 7. The third-order valence-corrected chi connectivity index (χ3v) is 2.49.